The molecule has 0 amide bonds. The first-order valence-electron chi connectivity index (χ1n) is 4.48. The molecule has 0 aliphatic rings. The van der Waals surface area contributed by atoms with Crippen molar-refractivity contribution in [2.75, 3.05) is 6.61 Å². The number of halogens is 1. The topological polar surface area (TPSA) is 104 Å². The second-order valence-electron chi connectivity index (χ2n) is 3.08. The molecule has 17 heavy (non-hydrogen) atoms. The van der Waals surface area contributed by atoms with E-state index in [1.165, 1.54) is 6.07 Å². The summed E-state index contributed by atoms with van der Waals surface area (Å²) in [5.41, 5.74) is 0. The lowest BCUT2D eigenvalue weighted by Crippen LogP contribution is -2.41. The molecule has 0 radical (unpaired) electrons. The van der Waals surface area contributed by atoms with Gasteiger partial charge in [0.1, 0.15) is 10.3 Å². The molecule has 0 saturated heterocycles. The van der Waals surface area contributed by atoms with Gasteiger partial charge in [-0.05, 0) is 34.5 Å². The number of aliphatic hydroxyl groups is 1. The molecule has 0 fully saturated rings. The number of carboxylic acid groups (broad SMARTS) is 1. The number of thiophene rings is 1. The zero-order chi connectivity index (χ0) is 13.1. The number of carboxylic acids is 1. The Balaban J connectivity index is 2.88. The van der Waals surface area contributed by atoms with Crippen LogP contribution in [0, 0.1) is 0 Å². The van der Waals surface area contributed by atoms with Crippen LogP contribution in [0.5, 0.6) is 0 Å². The number of aliphatic hydroxyl groups excluding tert-OH is 1. The van der Waals surface area contributed by atoms with Crippen LogP contribution in [-0.4, -0.2) is 37.2 Å². The van der Waals surface area contributed by atoms with Gasteiger partial charge in [0.2, 0.25) is 0 Å². The van der Waals surface area contributed by atoms with Crippen molar-refractivity contribution in [3.63, 3.8) is 0 Å². The minimum Gasteiger partial charge on any atom is -0.480 e. The van der Waals surface area contributed by atoms with Crippen molar-refractivity contribution in [1.29, 1.82) is 0 Å². The predicted molar refractivity (Wildman–Crippen MR) is 65.5 cm³/mol. The smallest absolute Gasteiger partial charge is 0.321 e. The normalized spacial score (nSPS) is 13.5. The fourth-order valence-electron chi connectivity index (χ4n) is 1.05. The molecule has 0 aliphatic heterocycles. The molecule has 0 aliphatic carbocycles. The lowest BCUT2D eigenvalue weighted by atomic mass is 10.2. The van der Waals surface area contributed by atoms with Gasteiger partial charge in [0, 0.05) is 6.61 Å². The highest BCUT2D eigenvalue weighted by molar-refractivity contribution is 9.11. The summed E-state index contributed by atoms with van der Waals surface area (Å²) in [6, 6.07) is 1.60. The van der Waals surface area contributed by atoms with Crippen LogP contribution >= 0.6 is 27.3 Å². The van der Waals surface area contributed by atoms with Crippen molar-refractivity contribution in [1.82, 2.24) is 4.72 Å². The van der Waals surface area contributed by atoms with Crippen LogP contribution in [0.4, 0.5) is 0 Å². The molecule has 0 aromatic carbocycles. The number of hydrogen-bond acceptors (Lipinski definition) is 5. The zero-order valence-electron chi connectivity index (χ0n) is 8.46. The highest BCUT2D eigenvalue weighted by Gasteiger charge is 2.25. The van der Waals surface area contributed by atoms with Crippen molar-refractivity contribution in [3.05, 3.63) is 15.9 Å². The Kier molecular flexibility index (Phi) is 5.07. The Bertz CT molecular complexity index is 498. The summed E-state index contributed by atoms with van der Waals surface area (Å²) >= 11 is 4.10. The molecule has 1 heterocycles. The molecule has 0 bridgehead atoms. The van der Waals surface area contributed by atoms with Crippen LogP contribution in [-0.2, 0) is 14.8 Å². The van der Waals surface area contributed by atoms with Gasteiger partial charge in [-0.1, -0.05) is 0 Å². The zero-order valence-corrected chi connectivity index (χ0v) is 11.7. The standard InChI is InChI=1S/C8H10BrNO5S2/c9-6-1-2-7(16-6)17(14,15)10-5(3-4-11)8(12)13/h1-2,5,10-11H,3-4H2,(H,12,13). The molecule has 0 spiro atoms. The van der Waals surface area contributed by atoms with E-state index in [0.29, 0.717) is 3.79 Å². The first-order chi connectivity index (χ1) is 7.86. The fourth-order valence-corrected chi connectivity index (χ4v) is 4.30. The number of carbonyl (C=O) groups is 1. The maximum atomic E-state index is 11.8. The van der Waals surface area contributed by atoms with Gasteiger partial charge in [-0.25, -0.2) is 8.42 Å². The minimum absolute atomic E-state index is 0.0218. The summed E-state index contributed by atoms with van der Waals surface area (Å²) in [7, 11) is -3.86. The maximum absolute atomic E-state index is 11.8. The van der Waals surface area contributed by atoms with E-state index < -0.39 is 28.6 Å². The van der Waals surface area contributed by atoms with Gasteiger partial charge < -0.3 is 10.2 Å². The van der Waals surface area contributed by atoms with Gasteiger partial charge in [0.15, 0.2) is 0 Å². The van der Waals surface area contributed by atoms with Crippen molar-refractivity contribution in [3.8, 4) is 0 Å². The number of rotatable bonds is 6. The molecule has 3 N–H and O–H groups in total. The molecule has 1 rings (SSSR count). The van der Waals surface area contributed by atoms with Crippen LogP contribution in [0.3, 0.4) is 0 Å². The second kappa shape index (κ2) is 5.91. The number of hydrogen-bond donors (Lipinski definition) is 3. The van der Waals surface area contributed by atoms with Crippen LogP contribution in [0.1, 0.15) is 6.42 Å². The van der Waals surface area contributed by atoms with Crippen LogP contribution in [0.2, 0.25) is 0 Å². The summed E-state index contributed by atoms with van der Waals surface area (Å²) in [6.45, 7) is -0.409. The van der Waals surface area contributed by atoms with Gasteiger partial charge in [0.25, 0.3) is 10.0 Å². The quantitative estimate of drug-likeness (QED) is 0.702. The van der Waals surface area contributed by atoms with Gasteiger partial charge in [0.05, 0.1) is 3.79 Å². The highest BCUT2D eigenvalue weighted by atomic mass is 79.9. The molecule has 1 atom stereocenters. The van der Waals surface area contributed by atoms with E-state index in [4.69, 9.17) is 10.2 Å². The number of aliphatic carboxylic acids is 1. The van der Waals surface area contributed by atoms with Crippen LogP contribution < -0.4 is 4.72 Å². The fraction of sp³-hybridized carbons (Fsp3) is 0.375. The van der Waals surface area contributed by atoms with Gasteiger partial charge in [-0.3, -0.25) is 4.79 Å². The Morgan fingerprint density at radius 2 is 2.18 bits per heavy atom. The molecular weight excluding hydrogens is 334 g/mol. The molecule has 1 aromatic rings. The lowest BCUT2D eigenvalue weighted by Gasteiger charge is -2.12. The Hall–Kier alpha value is -0.480. The number of sulfonamides is 1. The second-order valence-corrected chi connectivity index (χ2v) is 7.49. The van der Waals surface area contributed by atoms with E-state index in [9.17, 15) is 13.2 Å². The number of nitrogens with one attached hydrogen (secondary N) is 1. The van der Waals surface area contributed by atoms with E-state index in [1.54, 1.807) is 6.07 Å². The van der Waals surface area contributed by atoms with Gasteiger partial charge in [-0.2, -0.15) is 4.72 Å². The van der Waals surface area contributed by atoms with E-state index in [-0.39, 0.29) is 10.6 Å². The maximum Gasteiger partial charge on any atom is 0.321 e. The first-order valence-corrected chi connectivity index (χ1v) is 7.57. The van der Waals surface area contributed by atoms with Crippen molar-refractivity contribution >= 4 is 43.3 Å². The third kappa shape index (κ3) is 4.03. The Morgan fingerprint density at radius 1 is 1.53 bits per heavy atom. The van der Waals surface area contributed by atoms with E-state index >= 15 is 0 Å². The summed E-state index contributed by atoms with van der Waals surface area (Å²) < 4.78 is 26.2. The predicted octanol–water partition coefficient (Wildman–Crippen LogP) is 0.625. The Morgan fingerprint density at radius 3 is 2.59 bits per heavy atom. The molecule has 9 heteroatoms. The van der Waals surface area contributed by atoms with Crippen molar-refractivity contribution in [2.24, 2.45) is 0 Å². The first kappa shape index (κ1) is 14.6. The van der Waals surface area contributed by atoms with Crippen LogP contribution in [0.25, 0.3) is 0 Å². The minimum atomic E-state index is -3.86. The molecule has 1 aromatic heterocycles. The molecule has 6 nitrogen and oxygen atoms in total. The summed E-state index contributed by atoms with van der Waals surface area (Å²) in [6.07, 6.45) is -0.179. The van der Waals surface area contributed by atoms with Gasteiger partial charge >= 0.3 is 5.97 Å². The Labute approximate surface area is 110 Å². The average molecular weight is 344 g/mol. The van der Waals surface area contributed by atoms with Crippen molar-refractivity contribution < 1.29 is 23.4 Å². The summed E-state index contributed by atoms with van der Waals surface area (Å²) in [5.74, 6) is -1.32. The third-order valence-electron chi connectivity index (χ3n) is 1.83. The third-order valence-corrected chi connectivity index (χ3v) is 5.41. The lowest BCUT2D eigenvalue weighted by molar-refractivity contribution is -0.139. The average Bonchev–Trinajstić information content (AvgIpc) is 2.64. The SMILES string of the molecule is O=C(O)C(CCO)NS(=O)(=O)c1ccc(Br)s1. The van der Waals surface area contributed by atoms with Crippen molar-refractivity contribution in [2.45, 2.75) is 16.7 Å². The summed E-state index contributed by atoms with van der Waals surface area (Å²) in [5, 5.41) is 17.4. The van der Waals surface area contributed by atoms with E-state index in [2.05, 4.69) is 15.9 Å². The molecule has 1 unspecified atom stereocenters. The summed E-state index contributed by atoms with van der Waals surface area (Å²) in [4.78, 5) is 10.8. The van der Waals surface area contributed by atoms with E-state index in [0.717, 1.165) is 11.3 Å². The largest absolute Gasteiger partial charge is 0.480 e. The van der Waals surface area contributed by atoms with E-state index in [1.807, 2.05) is 4.72 Å². The molecule has 96 valence electrons. The van der Waals surface area contributed by atoms with Gasteiger partial charge in [-0.15, -0.1) is 11.3 Å². The van der Waals surface area contributed by atoms with Crippen LogP contribution in [0.15, 0.2) is 20.1 Å². The highest BCUT2D eigenvalue weighted by Crippen LogP contribution is 2.26. The molecule has 0 saturated carbocycles. The monoisotopic (exact) mass is 343 g/mol. The molecular formula is C8H10BrNO5S2.